The smallest absolute Gasteiger partial charge is 0.153 e. The van der Waals surface area contributed by atoms with E-state index in [1.54, 1.807) is 26.8 Å². The van der Waals surface area contributed by atoms with Crippen molar-refractivity contribution in [1.82, 2.24) is 29.4 Å². The van der Waals surface area contributed by atoms with Gasteiger partial charge in [0.05, 0.1) is 16.9 Å². The zero-order valence-electron chi connectivity index (χ0n) is 52.6. The number of piperazine rings is 3. The van der Waals surface area contributed by atoms with E-state index in [0.717, 1.165) is 184 Å². The molecule has 0 aromatic heterocycles. The van der Waals surface area contributed by atoms with Crippen LogP contribution in [0.4, 0.5) is 21.5 Å². The Balaban J connectivity index is 0.000000144. The lowest BCUT2D eigenvalue weighted by Crippen LogP contribution is -2.51. The van der Waals surface area contributed by atoms with E-state index in [0.29, 0.717) is 6.42 Å². The lowest BCUT2D eigenvalue weighted by atomic mass is 9.88. The van der Waals surface area contributed by atoms with Gasteiger partial charge in [0.25, 0.3) is 0 Å². The molecular weight excluding hydrogens is 1110 g/mol. The van der Waals surface area contributed by atoms with Crippen molar-refractivity contribution >= 4 is 63.5 Å². The first-order chi connectivity index (χ1) is 41.5. The number of benzene rings is 6. The van der Waals surface area contributed by atoms with E-state index in [4.69, 9.17) is 31.3 Å². The van der Waals surface area contributed by atoms with Crippen LogP contribution in [0.25, 0.3) is 0 Å². The van der Waals surface area contributed by atoms with Crippen molar-refractivity contribution in [3.63, 3.8) is 0 Å². The number of para-hydroxylation sites is 3. The van der Waals surface area contributed by atoms with Crippen molar-refractivity contribution in [3.8, 4) is 11.5 Å². The average Bonchev–Trinajstić information content (AvgIpc) is 2.01. The third-order valence-corrected chi connectivity index (χ3v) is 18.5. The second-order valence-electron chi connectivity index (χ2n) is 26.2. The van der Waals surface area contributed by atoms with Crippen molar-refractivity contribution < 1.29 is 23.5 Å². The lowest BCUT2D eigenvalue weighted by Gasteiger charge is -2.39. The summed E-state index contributed by atoms with van der Waals surface area (Å²) in [7, 11) is 0. The zero-order chi connectivity index (χ0) is 61.8. The summed E-state index contributed by atoms with van der Waals surface area (Å²) in [4.78, 5) is 65.0. The van der Waals surface area contributed by atoms with E-state index in [9.17, 15) is 18.8 Å². The van der Waals surface area contributed by atoms with E-state index in [1.807, 2.05) is 108 Å². The second-order valence-corrected chi connectivity index (χ2v) is 26.6. The molecule has 0 radical (unpaired) electrons. The average molecular weight is 1190 g/mol. The van der Waals surface area contributed by atoms with Crippen LogP contribution in [0.5, 0.6) is 11.5 Å². The first-order valence-electron chi connectivity index (χ1n) is 30.8. The number of fused-ring (bicyclic) bond motifs is 6. The third kappa shape index (κ3) is 15.0. The standard InChI is InChI=1S/C24H28ClN3O.C24H28FN3O.C24H29N3O2/c2*1-17(29)24(2,3)16-27-10-12-28(13-11-27)23-21-9-8-20(25)15-19(21)14-18-6-4-5-7-22(18)26-23;1-17-9-10-20-22(15-17)29-21-8-6-5-7-19(21)23(25-20)27-13-11-26(12-14-27)16-24(3,4)18(2)28/h2*4-9,15H,10-14,16H2,1-3H3;5-10,15H,11-14,16H2,1-4H3. The van der Waals surface area contributed by atoms with E-state index in [2.05, 4.69) is 84.9 Å². The van der Waals surface area contributed by atoms with Gasteiger partial charge in [-0.05, 0) is 128 Å². The molecule has 456 valence electrons. The minimum Gasteiger partial charge on any atom is -0.454 e. The molecule has 0 saturated carbocycles. The summed E-state index contributed by atoms with van der Waals surface area (Å²) in [6.45, 7) is 32.3. The highest BCUT2D eigenvalue weighted by atomic mass is 35.5. The van der Waals surface area contributed by atoms with Crippen LogP contribution >= 0.6 is 11.6 Å². The minimum atomic E-state index is -0.328. The Labute approximate surface area is 519 Å². The number of carbonyl (C=O) groups excluding carboxylic acids is 3. The fourth-order valence-corrected chi connectivity index (χ4v) is 12.3. The van der Waals surface area contributed by atoms with Crippen LogP contribution in [0, 0.1) is 29.0 Å². The maximum absolute atomic E-state index is 14.0. The van der Waals surface area contributed by atoms with Gasteiger partial charge in [-0.1, -0.05) is 108 Å². The maximum Gasteiger partial charge on any atom is 0.153 e. The van der Waals surface area contributed by atoms with E-state index >= 15 is 0 Å². The highest BCUT2D eigenvalue weighted by molar-refractivity contribution is 6.30. The SMILES string of the molecule is CC(=O)C(C)(C)CN1CCN(C2=Nc3ccc(C)cc3Oc3ccccc32)CC1.CC(=O)C(C)(C)CN1CCN(C2=Nc3ccccc3Cc3cc(Cl)ccc32)CC1.CC(=O)C(C)(C)CN1CCN(C2=Nc3ccccc3Cc3cc(F)ccc32)CC1. The predicted molar refractivity (Wildman–Crippen MR) is 350 cm³/mol. The Morgan fingerprint density at radius 1 is 0.448 bits per heavy atom. The summed E-state index contributed by atoms with van der Waals surface area (Å²) in [6, 6.07) is 41.9. The summed E-state index contributed by atoms with van der Waals surface area (Å²) in [5.41, 5.74) is 10.8. The first-order valence-corrected chi connectivity index (χ1v) is 31.2. The highest BCUT2D eigenvalue weighted by Gasteiger charge is 2.34. The molecule has 0 bridgehead atoms. The number of aliphatic imine (C=N–C) groups is 3. The normalized spacial score (nSPS) is 17.1. The van der Waals surface area contributed by atoms with E-state index in [1.165, 1.54) is 22.8 Å². The summed E-state index contributed by atoms with van der Waals surface area (Å²) >= 11 is 6.31. The minimum absolute atomic E-state index is 0.209. The van der Waals surface area contributed by atoms with Gasteiger partial charge in [0.1, 0.15) is 52.1 Å². The van der Waals surface area contributed by atoms with Gasteiger partial charge >= 0.3 is 0 Å². The molecule has 6 aliphatic rings. The number of hydrogen-bond donors (Lipinski definition) is 0. The van der Waals surface area contributed by atoms with Gasteiger partial charge in [-0.15, -0.1) is 0 Å². The molecule has 13 nitrogen and oxygen atoms in total. The van der Waals surface area contributed by atoms with Crippen LogP contribution in [-0.2, 0) is 27.2 Å². The Kier molecular flexibility index (Phi) is 19.1. The van der Waals surface area contributed by atoms with E-state index in [-0.39, 0.29) is 39.4 Å². The van der Waals surface area contributed by atoms with Crippen LogP contribution in [0.15, 0.2) is 142 Å². The van der Waals surface area contributed by atoms with Gasteiger partial charge in [-0.3, -0.25) is 29.1 Å². The van der Waals surface area contributed by atoms with Gasteiger partial charge in [0.15, 0.2) is 5.75 Å². The Hall–Kier alpha value is -7.36. The quantitative estimate of drug-likeness (QED) is 0.138. The van der Waals surface area contributed by atoms with Gasteiger partial charge in [-0.25, -0.2) is 19.4 Å². The number of amidine groups is 3. The highest BCUT2D eigenvalue weighted by Crippen LogP contribution is 2.40. The van der Waals surface area contributed by atoms with Crippen LogP contribution in [0.2, 0.25) is 5.02 Å². The molecule has 0 spiro atoms. The Morgan fingerprint density at radius 2 is 0.851 bits per heavy atom. The van der Waals surface area contributed by atoms with Gasteiger partial charge in [0.2, 0.25) is 0 Å². The topological polar surface area (TPSA) is 117 Å². The monoisotopic (exact) mass is 1190 g/mol. The predicted octanol–water partition coefficient (Wildman–Crippen LogP) is 13.0. The van der Waals surface area contributed by atoms with Crippen molar-refractivity contribution in [2.45, 2.75) is 82.1 Å². The third-order valence-electron chi connectivity index (χ3n) is 18.2. The largest absolute Gasteiger partial charge is 0.454 e. The fraction of sp³-hybridized carbons (Fsp3) is 0.417. The molecule has 6 aliphatic heterocycles. The summed E-state index contributed by atoms with van der Waals surface area (Å²) in [5.74, 6) is 5.07. The number of halogens is 2. The van der Waals surface area contributed by atoms with Crippen molar-refractivity contribution in [1.29, 1.82) is 0 Å². The lowest BCUT2D eigenvalue weighted by molar-refractivity contribution is -0.126. The second kappa shape index (κ2) is 26.5. The molecule has 87 heavy (non-hydrogen) atoms. The van der Waals surface area contributed by atoms with Crippen molar-refractivity contribution in [2.24, 2.45) is 31.2 Å². The number of aryl methyl sites for hydroxylation is 1. The summed E-state index contributed by atoms with van der Waals surface area (Å²) < 4.78 is 20.2. The van der Waals surface area contributed by atoms with Crippen molar-refractivity contribution in [3.05, 3.63) is 183 Å². The Bertz CT molecular complexity index is 3470. The maximum atomic E-state index is 14.0. The van der Waals surface area contributed by atoms with Crippen molar-refractivity contribution in [2.75, 3.05) is 98.2 Å². The number of hydrogen-bond acceptors (Lipinski definition) is 13. The summed E-state index contributed by atoms with van der Waals surface area (Å²) in [6.07, 6.45) is 1.52. The molecular formula is C72H85ClFN9O4. The number of ether oxygens (including phenoxy) is 1. The number of carbonyl (C=O) groups is 3. The molecule has 3 saturated heterocycles. The summed E-state index contributed by atoms with van der Waals surface area (Å²) in [5, 5.41) is 0.763. The molecule has 0 unspecified atom stereocenters. The van der Waals surface area contributed by atoms with Crippen LogP contribution < -0.4 is 4.74 Å². The number of Topliss-reactive ketones (excluding diaryl/α,β-unsaturated/α-hetero) is 3. The van der Waals surface area contributed by atoms with Crippen LogP contribution in [0.3, 0.4) is 0 Å². The molecule has 15 heteroatoms. The molecule has 6 aromatic rings. The molecule has 12 rings (SSSR count). The molecule has 0 N–H and O–H groups in total. The number of rotatable bonds is 9. The van der Waals surface area contributed by atoms with Crippen LogP contribution in [0.1, 0.15) is 107 Å². The first kappa shape index (κ1) is 62.7. The Morgan fingerprint density at radius 3 is 1.32 bits per heavy atom. The molecule has 6 heterocycles. The van der Waals surface area contributed by atoms with Gasteiger partial charge in [0, 0.05) is 143 Å². The molecule has 3 fully saturated rings. The van der Waals surface area contributed by atoms with E-state index < -0.39 is 0 Å². The zero-order valence-corrected chi connectivity index (χ0v) is 53.3. The van der Waals surface area contributed by atoms with Gasteiger partial charge < -0.3 is 19.4 Å². The number of ketones is 3. The molecule has 0 aliphatic carbocycles. The van der Waals surface area contributed by atoms with Crippen LogP contribution in [-0.4, -0.2) is 162 Å². The van der Waals surface area contributed by atoms with Gasteiger partial charge in [-0.2, -0.15) is 0 Å². The number of nitrogens with zero attached hydrogens (tertiary/aromatic N) is 9. The molecule has 0 amide bonds. The molecule has 6 aromatic carbocycles. The fourth-order valence-electron chi connectivity index (χ4n) is 12.1. The molecule has 0 atom stereocenters.